The van der Waals surface area contributed by atoms with E-state index in [2.05, 4.69) is 77.0 Å². The fourth-order valence-electron chi connectivity index (χ4n) is 16.6. The third-order valence-electron chi connectivity index (χ3n) is 23.8. The fourth-order valence-corrected chi connectivity index (χ4v) is 19.3. The fraction of sp³-hybridized carbons (Fsp3) is 0.911. The van der Waals surface area contributed by atoms with Crippen LogP contribution in [0.4, 0.5) is 52.7 Å². The molecule has 0 aromatic heterocycles. The summed E-state index contributed by atoms with van der Waals surface area (Å²) < 4.78 is 173. The van der Waals surface area contributed by atoms with Gasteiger partial charge in [0.1, 0.15) is 37.9 Å². The van der Waals surface area contributed by atoms with Gasteiger partial charge in [0.2, 0.25) is 0 Å². The SMILES string of the molecule is CC(C)(C)N1CC(COCC(=O)O)C(F)(F)C1.CC(C)(C)N1CC(CSCC(=O)O)C(F)(F)C1.CC(C)(C)N1CC(F)C(CSCC(=O)O)C1.CC(C)(C)N1CC(F)CC1CSCC(=O)O.CC(C)N1CC(F)C(COCC(=O)O)C1.CN(CC(=O)O)CC1CC(F)(F)CN1C(C)(C)C.CN(CC(=O)O)CC1CC(F)CN1C(C)(C)C.CN(CC(=O)O)CC1CN(C(C)(C)C)CC1(F)F. The van der Waals surface area contributed by atoms with E-state index in [-0.39, 0.29) is 177 Å². The van der Waals surface area contributed by atoms with Crippen molar-refractivity contribution in [3.8, 4) is 0 Å². The Labute approximate surface area is 800 Å². The van der Waals surface area contributed by atoms with Crippen LogP contribution < -0.4 is 0 Å². The quantitative estimate of drug-likeness (QED) is 0.0283. The van der Waals surface area contributed by atoms with Crippen LogP contribution in [-0.2, 0) is 47.8 Å². The van der Waals surface area contributed by atoms with Crippen LogP contribution >= 0.6 is 35.3 Å². The van der Waals surface area contributed by atoms with Crippen LogP contribution in [0.1, 0.15) is 179 Å². The molecule has 0 bridgehead atoms. The van der Waals surface area contributed by atoms with Crippen LogP contribution in [0.15, 0.2) is 0 Å². The van der Waals surface area contributed by atoms with Gasteiger partial charge in [0.25, 0.3) is 23.7 Å². The molecular formula is C90H163F12N11O18S3. The van der Waals surface area contributed by atoms with E-state index >= 15 is 0 Å². The lowest BCUT2D eigenvalue weighted by atomic mass is 10.0. The summed E-state index contributed by atoms with van der Waals surface area (Å²) in [6.45, 7) is 48.4. The highest BCUT2D eigenvalue weighted by Crippen LogP contribution is 2.42. The summed E-state index contributed by atoms with van der Waals surface area (Å²) in [5.41, 5.74) is -1.33. The Kier molecular flexibility index (Phi) is 52.5. The normalized spacial score (nSPS) is 26.0. The third-order valence-corrected chi connectivity index (χ3v) is 27.1. The summed E-state index contributed by atoms with van der Waals surface area (Å²) in [6.07, 6.45) is -2.45. The zero-order chi connectivity index (χ0) is 104. The van der Waals surface area contributed by atoms with Gasteiger partial charge in [-0.2, -0.15) is 0 Å². The molecule has 0 spiro atoms. The number of halogens is 12. The summed E-state index contributed by atoms with van der Waals surface area (Å²) in [5.74, 6) is -19.6. The summed E-state index contributed by atoms with van der Waals surface area (Å²) in [7, 11) is 4.97. The Morgan fingerprint density at radius 2 is 0.701 bits per heavy atom. The van der Waals surface area contributed by atoms with Gasteiger partial charge in [0.05, 0.1) is 82.2 Å². The molecule has 788 valence electrons. The molecule has 0 amide bonds. The number of carboxylic acid groups (broad SMARTS) is 8. The zero-order valence-corrected chi connectivity index (χ0v) is 86.4. The molecule has 29 nitrogen and oxygen atoms in total. The molecule has 8 N–H and O–H groups in total. The van der Waals surface area contributed by atoms with Crippen molar-refractivity contribution in [1.82, 2.24) is 53.9 Å². The maximum Gasteiger partial charge on any atom is 0.329 e. The molecule has 8 fully saturated rings. The number of alkyl halides is 12. The van der Waals surface area contributed by atoms with Crippen molar-refractivity contribution in [3.05, 3.63) is 0 Å². The molecule has 8 heterocycles. The van der Waals surface area contributed by atoms with E-state index in [9.17, 15) is 91.0 Å². The van der Waals surface area contributed by atoms with Crippen molar-refractivity contribution in [2.45, 2.75) is 290 Å². The van der Waals surface area contributed by atoms with Crippen molar-refractivity contribution in [2.75, 3.05) is 206 Å². The van der Waals surface area contributed by atoms with Crippen LogP contribution in [0.2, 0.25) is 0 Å². The van der Waals surface area contributed by atoms with Gasteiger partial charge in [-0.3, -0.25) is 82.7 Å². The molecule has 0 saturated carbocycles. The Bertz CT molecular complexity index is 3510. The molecule has 12 atom stereocenters. The largest absolute Gasteiger partial charge is 0.481 e. The highest BCUT2D eigenvalue weighted by molar-refractivity contribution is 8.00. The first-order valence-corrected chi connectivity index (χ1v) is 48.9. The topological polar surface area (TPSA) is 353 Å². The average molecular weight is 2010 g/mol. The highest BCUT2D eigenvalue weighted by Gasteiger charge is 2.55. The lowest BCUT2D eigenvalue weighted by molar-refractivity contribution is -0.144. The van der Waals surface area contributed by atoms with Gasteiger partial charge in [-0.05, 0) is 193 Å². The van der Waals surface area contributed by atoms with E-state index in [1.807, 2.05) is 102 Å². The number of carbonyl (C=O) groups is 8. The molecule has 8 aliphatic rings. The van der Waals surface area contributed by atoms with Crippen molar-refractivity contribution in [2.24, 2.45) is 29.6 Å². The molecule has 0 aromatic rings. The number of hydrogen-bond acceptors (Lipinski definition) is 24. The van der Waals surface area contributed by atoms with E-state index < -0.39 is 120 Å². The number of likely N-dealkylation sites (tertiary alicyclic amines) is 8. The summed E-state index contributed by atoms with van der Waals surface area (Å²) >= 11 is 3.75. The second kappa shape index (κ2) is 55.2. The standard InChI is InChI=1S/2C12H22F2N2O2.C12H23FN2O2.C11H19F2NO3.C11H19F2NO2S.2C11H20FNO2S.C10H18FNO3/c1-11(2,3)16-6-9(12(13,14)8-16)5-15(4)7-10(17)18;1-11(2,3)16-8-12(13,14)5-9(16)6-15(4)7-10(17)18;1-12(2,3)15-6-9(13)5-10(15)7-14(4)8-11(16)17;2*1-10(2,3)14-4-8(11(12,13)7-14)5-17-6-9(15)16;1-11(2,3)13-4-8(9(12)5-13)6-16-7-10(14)15;1-11(2,3)13-5-8(12)4-9(13)6-16-7-10(14)15;1-7(2)12-3-8(9(11)4-12)5-15-6-10(13)14/h2*9H,5-8H2,1-4H3,(H,17,18);9-10H,5-8H2,1-4H3,(H,16,17);2*8H,4-7H2,1-3H3,(H,15,16);2*8-9H,4-7H2,1-3H3,(H,14,15);7-9H,3-6H2,1-2H3,(H,13,14). The Hall–Kier alpha value is -4.55. The number of hydrogen-bond donors (Lipinski definition) is 8. The molecule has 0 aromatic carbocycles. The van der Waals surface area contributed by atoms with E-state index in [4.69, 9.17) is 50.3 Å². The molecule has 12 unspecified atom stereocenters. The number of rotatable bonds is 33. The van der Waals surface area contributed by atoms with Gasteiger partial charge >= 0.3 is 47.8 Å². The first-order valence-electron chi connectivity index (χ1n) is 45.4. The molecule has 8 rings (SSSR count). The van der Waals surface area contributed by atoms with Crippen molar-refractivity contribution < 1.29 is 141 Å². The van der Waals surface area contributed by atoms with Crippen LogP contribution in [-0.4, -0.2) is 460 Å². The highest BCUT2D eigenvalue weighted by atomic mass is 32.2. The van der Waals surface area contributed by atoms with Gasteiger partial charge in [0, 0.05) is 189 Å². The lowest BCUT2D eigenvalue weighted by Gasteiger charge is -2.38. The summed E-state index contributed by atoms with van der Waals surface area (Å²) in [6, 6.07) is 0.297. The molecule has 8 saturated heterocycles. The summed E-state index contributed by atoms with van der Waals surface area (Å²) in [5, 5.41) is 68.3. The minimum Gasteiger partial charge on any atom is -0.481 e. The number of carboxylic acids is 8. The van der Waals surface area contributed by atoms with Gasteiger partial charge in [-0.25, -0.2) is 62.3 Å². The maximum absolute atomic E-state index is 13.9. The van der Waals surface area contributed by atoms with Crippen LogP contribution in [0, 0.1) is 29.6 Å². The number of likely N-dealkylation sites (N-methyl/N-ethyl adjacent to an activating group) is 3. The van der Waals surface area contributed by atoms with Gasteiger partial charge in [-0.1, -0.05) is 0 Å². The minimum absolute atomic E-state index is 0.00342. The Balaban J connectivity index is 0.000000766. The lowest BCUT2D eigenvalue weighted by Crippen LogP contribution is -2.49. The van der Waals surface area contributed by atoms with Crippen LogP contribution in [0.3, 0.4) is 0 Å². The van der Waals surface area contributed by atoms with Crippen LogP contribution in [0.25, 0.3) is 0 Å². The molecule has 134 heavy (non-hydrogen) atoms. The predicted octanol–water partition coefficient (Wildman–Crippen LogP) is 12.4. The maximum atomic E-state index is 13.9. The number of thioether (sulfide) groups is 3. The van der Waals surface area contributed by atoms with Crippen molar-refractivity contribution in [1.29, 1.82) is 0 Å². The van der Waals surface area contributed by atoms with E-state index in [1.54, 1.807) is 50.5 Å². The number of nitrogens with zero attached hydrogens (tertiary/aromatic N) is 11. The van der Waals surface area contributed by atoms with Crippen molar-refractivity contribution >= 4 is 83.0 Å². The first kappa shape index (κ1) is 127. The van der Waals surface area contributed by atoms with Gasteiger partial charge in [-0.15, -0.1) is 35.3 Å². The second-order valence-corrected chi connectivity index (χ2v) is 46.7. The van der Waals surface area contributed by atoms with Gasteiger partial charge < -0.3 is 50.3 Å². The number of ether oxygens (including phenoxy) is 2. The average Bonchev–Trinajstić information content (AvgIpc) is 1.73. The smallest absolute Gasteiger partial charge is 0.329 e. The Morgan fingerprint density at radius 1 is 0.358 bits per heavy atom. The molecule has 8 aliphatic heterocycles. The second-order valence-electron chi connectivity index (χ2n) is 43.7. The third kappa shape index (κ3) is 49.7. The molecule has 0 aliphatic carbocycles. The summed E-state index contributed by atoms with van der Waals surface area (Å²) in [4.78, 5) is 103. The Morgan fingerprint density at radius 3 is 1.07 bits per heavy atom. The van der Waals surface area contributed by atoms with Crippen LogP contribution in [0.5, 0.6) is 0 Å². The molecule has 0 radical (unpaired) electrons. The molecular weight excluding hydrogens is 1850 g/mol. The van der Waals surface area contributed by atoms with E-state index in [0.29, 0.717) is 89.3 Å². The zero-order valence-electron chi connectivity index (χ0n) is 84.0. The van der Waals surface area contributed by atoms with Crippen molar-refractivity contribution in [3.63, 3.8) is 0 Å². The molecule has 44 heteroatoms. The van der Waals surface area contributed by atoms with Gasteiger partial charge in [0.15, 0.2) is 0 Å². The first-order chi connectivity index (χ1) is 60.6. The van der Waals surface area contributed by atoms with E-state index in [1.165, 1.54) is 28.4 Å². The minimum atomic E-state index is -2.81. The monoisotopic (exact) mass is 2010 g/mol. The van der Waals surface area contributed by atoms with E-state index in [0.717, 1.165) is 18.3 Å². The predicted molar refractivity (Wildman–Crippen MR) is 501 cm³/mol. The number of aliphatic carboxylic acids is 8.